The van der Waals surface area contributed by atoms with Crippen molar-refractivity contribution in [1.29, 1.82) is 0 Å². The molecule has 0 aliphatic carbocycles. The highest BCUT2D eigenvalue weighted by atomic mass is 16.2. The van der Waals surface area contributed by atoms with Gasteiger partial charge in [0.05, 0.1) is 0 Å². The molecule has 0 aromatic heterocycles. The van der Waals surface area contributed by atoms with E-state index in [2.05, 4.69) is 5.32 Å². The van der Waals surface area contributed by atoms with Crippen LogP contribution in [0.2, 0.25) is 0 Å². The molecule has 0 saturated carbocycles. The van der Waals surface area contributed by atoms with Gasteiger partial charge in [0.15, 0.2) is 0 Å². The van der Waals surface area contributed by atoms with E-state index >= 15 is 0 Å². The molecular formula is C10H23N3O. The number of amides is 1. The van der Waals surface area contributed by atoms with E-state index in [1.54, 1.807) is 4.90 Å². The van der Waals surface area contributed by atoms with Crippen LogP contribution in [0.1, 0.15) is 26.7 Å². The Morgan fingerprint density at radius 2 is 2.07 bits per heavy atom. The minimum atomic E-state index is -0.250. The van der Waals surface area contributed by atoms with Crippen molar-refractivity contribution in [2.45, 2.75) is 32.2 Å². The summed E-state index contributed by atoms with van der Waals surface area (Å²) in [6.07, 6.45) is 1.26. The van der Waals surface area contributed by atoms with Gasteiger partial charge in [-0.1, -0.05) is 0 Å². The Morgan fingerprint density at radius 1 is 1.50 bits per heavy atom. The van der Waals surface area contributed by atoms with Gasteiger partial charge in [0.1, 0.15) is 0 Å². The first kappa shape index (κ1) is 13.4. The summed E-state index contributed by atoms with van der Waals surface area (Å²) >= 11 is 0. The Balaban J connectivity index is 3.73. The lowest BCUT2D eigenvalue weighted by Crippen LogP contribution is -2.36. The second-order valence-corrected chi connectivity index (χ2v) is 4.41. The highest BCUT2D eigenvalue weighted by molar-refractivity contribution is 5.75. The maximum absolute atomic E-state index is 11.5. The molecule has 0 aliphatic heterocycles. The molecule has 3 N–H and O–H groups in total. The molecule has 0 aromatic rings. The van der Waals surface area contributed by atoms with Crippen LogP contribution in [0.25, 0.3) is 0 Å². The smallest absolute Gasteiger partial charge is 0.222 e. The van der Waals surface area contributed by atoms with Crippen LogP contribution in [0.4, 0.5) is 0 Å². The van der Waals surface area contributed by atoms with Gasteiger partial charge in [-0.05, 0) is 27.3 Å². The van der Waals surface area contributed by atoms with Gasteiger partial charge in [-0.15, -0.1) is 0 Å². The number of likely N-dealkylation sites (N-methyl/N-ethyl adjacent to an activating group) is 2. The Labute approximate surface area is 86.8 Å². The molecule has 0 aromatic carbocycles. The topological polar surface area (TPSA) is 58.4 Å². The van der Waals surface area contributed by atoms with Crippen molar-refractivity contribution >= 4 is 5.91 Å². The van der Waals surface area contributed by atoms with Crippen LogP contribution in [0, 0.1) is 0 Å². The average molecular weight is 201 g/mol. The molecule has 0 heterocycles. The van der Waals surface area contributed by atoms with Gasteiger partial charge in [-0.2, -0.15) is 0 Å². The molecule has 84 valence electrons. The fourth-order valence-corrected chi connectivity index (χ4v) is 1.02. The average Bonchev–Trinajstić information content (AvgIpc) is 2.09. The molecule has 4 nitrogen and oxygen atoms in total. The van der Waals surface area contributed by atoms with Crippen molar-refractivity contribution < 1.29 is 4.79 Å². The monoisotopic (exact) mass is 201 g/mol. The van der Waals surface area contributed by atoms with Gasteiger partial charge >= 0.3 is 0 Å². The molecule has 14 heavy (non-hydrogen) atoms. The number of nitrogens with zero attached hydrogens (tertiary/aromatic N) is 1. The van der Waals surface area contributed by atoms with Gasteiger partial charge in [-0.25, -0.2) is 0 Å². The second-order valence-electron chi connectivity index (χ2n) is 4.41. The van der Waals surface area contributed by atoms with Crippen molar-refractivity contribution in [3.05, 3.63) is 0 Å². The van der Waals surface area contributed by atoms with Gasteiger partial charge in [-0.3, -0.25) is 4.79 Å². The minimum absolute atomic E-state index is 0.166. The quantitative estimate of drug-likeness (QED) is 0.644. The lowest BCUT2D eigenvalue weighted by atomic mass is 10.00. The maximum atomic E-state index is 11.5. The number of nitrogens with one attached hydrogen (secondary N) is 1. The summed E-state index contributed by atoms with van der Waals surface area (Å²) in [6.45, 7) is 5.45. The fourth-order valence-electron chi connectivity index (χ4n) is 1.02. The zero-order chi connectivity index (χ0) is 11.2. The minimum Gasteiger partial charge on any atom is -0.344 e. The predicted octanol–water partition coefficient (Wildman–Crippen LogP) is 0.182. The summed E-state index contributed by atoms with van der Waals surface area (Å²) in [7, 11) is 3.70. The third kappa shape index (κ3) is 6.86. The van der Waals surface area contributed by atoms with Crippen molar-refractivity contribution in [2.24, 2.45) is 5.73 Å². The molecule has 0 bridgehead atoms. The number of nitrogens with two attached hydrogens (primary N) is 1. The number of hydrogen-bond acceptors (Lipinski definition) is 3. The van der Waals surface area contributed by atoms with E-state index in [-0.39, 0.29) is 11.4 Å². The van der Waals surface area contributed by atoms with E-state index in [4.69, 9.17) is 5.73 Å². The van der Waals surface area contributed by atoms with Crippen LogP contribution in [0.3, 0.4) is 0 Å². The van der Waals surface area contributed by atoms with Crippen LogP contribution in [0.5, 0.6) is 0 Å². The molecule has 0 spiro atoms. The van der Waals surface area contributed by atoms with Gasteiger partial charge in [0.25, 0.3) is 0 Å². The Bertz CT molecular complexity index is 175. The first-order valence-corrected chi connectivity index (χ1v) is 5.04. The number of carbonyl (C=O) groups is 1. The Hall–Kier alpha value is -0.610. The second kappa shape index (κ2) is 5.98. The maximum Gasteiger partial charge on any atom is 0.222 e. The first-order chi connectivity index (χ1) is 6.37. The summed E-state index contributed by atoms with van der Waals surface area (Å²) in [5.74, 6) is 0.166. The molecule has 1 amide bonds. The summed E-state index contributed by atoms with van der Waals surface area (Å²) < 4.78 is 0. The SMILES string of the molecule is CNCCN(C)C(=O)CCC(C)(C)N. The van der Waals surface area contributed by atoms with Crippen molar-refractivity contribution in [3.8, 4) is 0 Å². The van der Waals surface area contributed by atoms with Crippen LogP contribution in [-0.2, 0) is 4.79 Å². The lowest BCUT2D eigenvalue weighted by molar-refractivity contribution is -0.130. The molecule has 0 saturated heterocycles. The van der Waals surface area contributed by atoms with Crippen LogP contribution >= 0.6 is 0 Å². The number of hydrogen-bond donors (Lipinski definition) is 2. The van der Waals surface area contributed by atoms with E-state index < -0.39 is 0 Å². The largest absolute Gasteiger partial charge is 0.344 e. The molecule has 0 radical (unpaired) electrons. The predicted molar refractivity (Wildman–Crippen MR) is 59.1 cm³/mol. The van der Waals surface area contributed by atoms with E-state index in [9.17, 15) is 4.79 Å². The van der Waals surface area contributed by atoms with Crippen LogP contribution < -0.4 is 11.1 Å². The molecule has 4 heteroatoms. The Morgan fingerprint density at radius 3 is 2.50 bits per heavy atom. The molecule has 0 fully saturated rings. The summed E-state index contributed by atoms with van der Waals surface area (Å²) in [4.78, 5) is 13.3. The van der Waals surface area contributed by atoms with Crippen molar-refractivity contribution in [3.63, 3.8) is 0 Å². The van der Waals surface area contributed by atoms with Crippen molar-refractivity contribution in [1.82, 2.24) is 10.2 Å². The highest BCUT2D eigenvalue weighted by Crippen LogP contribution is 2.08. The zero-order valence-electron chi connectivity index (χ0n) is 9.76. The molecule has 0 atom stereocenters. The third-order valence-electron chi connectivity index (χ3n) is 2.11. The summed E-state index contributed by atoms with van der Waals surface area (Å²) in [6, 6.07) is 0. The van der Waals surface area contributed by atoms with E-state index in [0.717, 1.165) is 19.5 Å². The fraction of sp³-hybridized carbons (Fsp3) is 0.900. The number of rotatable bonds is 6. The summed E-state index contributed by atoms with van der Waals surface area (Å²) in [5, 5.41) is 3.01. The van der Waals surface area contributed by atoms with Gasteiger partial charge in [0.2, 0.25) is 5.91 Å². The van der Waals surface area contributed by atoms with Crippen LogP contribution in [-0.4, -0.2) is 43.5 Å². The highest BCUT2D eigenvalue weighted by Gasteiger charge is 2.15. The van der Waals surface area contributed by atoms with Gasteiger partial charge in [0, 0.05) is 32.1 Å². The van der Waals surface area contributed by atoms with E-state index in [1.165, 1.54) is 0 Å². The summed E-state index contributed by atoms with van der Waals surface area (Å²) in [5.41, 5.74) is 5.55. The first-order valence-electron chi connectivity index (χ1n) is 5.04. The van der Waals surface area contributed by atoms with Crippen LogP contribution in [0.15, 0.2) is 0 Å². The van der Waals surface area contributed by atoms with Crippen molar-refractivity contribution in [2.75, 3.05) is 27.2 Å². The van der Waals surface area contributed by atoms with E-state index in [1.807, 2.05) is 27.9 Å². The van der Waals surface area contributed by atoms with E-state index in [0.29, 0.717) is 6.42 Å². The standard InChI is InChI=1S/C10H23N3O/c1-10(2,11)6-5-9(14)13(4)8-7-12-3/h12H,5-8,11H2,1-4H3. The Kier molecular flexibility index (Phi) is 5.72. The molecule has 0 rings (SSSR count). The number of carbonyl (C=O) groups excluding carboxylic acids is 1. The zero-order valence-corrected chi connectivity index (χ0v) is 9.76. The molecule has 0 unspecified atom stereocenters. The molecule has 0 aliphatic rings. The normalized spacial score (nSPS) is 11.5. The molecular weight excluding hydrogens is 178 g/mol. The third-order valence-corrected chi connectivity index (χ3v) is 2.11. The van der Waals surface area contributed by atoms with Gasteiger partial charge < -0.3 is 16.0 Å². The lowest BCUT2D eigenvalue weighted by Gasteiger charge is -2.21.